The summed E-state index contributed by atoms with van der Waals surface area (Å²) in [6.07, 6.45) is 2.16. The number of nitrogens with zero attached hydrogens (tertiary/aromatic N) is 4. The normalized spacial score (nSPS) is 18.6. The Hall–Kier alpha value is -2.02. The fourth-order valence-corrected chi connectivity index (χ4v) is 2.38. The Kier molecular flexibility index (Phi) is 3.35. The smallest absolute Gasteiger partial charge is 0.273 e. The summed E-state index contributed by atoms with van der Waals surface area (Å²) in [6.45, 7) is 4.98. The minimum atomic E-state index is -0.236. The number of amides is 1. The van der Waals surface area contributed by atoms with E-state index in [0.29, 0.717) is 23.6 Å². The lowest BCUT2D eigenvalue weighted by atomic mass is 10.2. The van der Waals surface area contributed by atoms with Crippen LogP contribution < -0.4 is 5.32 Å². The van der Waals surface area contributed by atoms with Crippen molar-refractivity contribution in [1.29, 1.82) is 0 Å². The maximum absolute atomic E-state index is 12.2. The lowest BCUT2D eigenvalue weighted by Gasteiger charge is -2.11. The van der Waals surface area contributed by atoms with Crippen LogP contribution in [0.4, 0.5) is 0 Å². The minimum absolute atomic E-state index is 0.114. The summed E-state index contributed by atoms with van der Waals surface area (Å²) in [7, 11) is 0. The molecule has 3 rings (SSSR count). The molecular formula is C13H17N5O2. The van der Waals surface area contributed by atoms with Crippen LogP contribution in [0.15, 0.2) is 6.07 Å². The monoisotopic (exact) mass is 275 g/mol. The molecule has 1 saturated heterocycles. The average Bonchev–Trinajstić information content (AvgIpc) is 3.05. The molecule has 0 aromatic carbocycles. The number of hydrogen-bond acceptors (Lipinski definition) is 5. The number of nitrogens with one attached hydrogen (secondary N) is 1. The summed E-state index contributed by atoms with van der Waals surface area (Å²) in [5.74, 6) is -0.236. The highest BCUT2D eigenvalue weighted by Gasteiger charge is 2.19. The van der Waals surface area contributed by atoms with Crippen LogP contribution in [0.3, 0.4) is 0 Å². The standard InChI is InChI=1S/C13H17N5O2/c1-8-6-11-15-16-12(9(2)18(11)17-8)13(19)14-7-10-4-3-5-20-10/h6,10H,3-5,7H2,1-2H3,(H,14,19). The van der Waals surface area contributed by atoms with Crippen molar-refractivity contribution in [3.05, 3.63) is 23.1 Å². The highest BCUT2D eigenvalue weighted by atomic mass is 16.5. The summed E-state index contributed by atoms with van der Waals surface area (Å²) in [5, 5.41) is 15.2. The number of aromatic nitrogens is 4. The van der Waals surface area contributed by atoms with Crippen molar-refractivity contribution < 1.29 is 9.53 Å². The lowest BCUT2D eigenvalue weighted by Crippen LogP contribution is -2.33. The SMILES string of the molecule is Cc1cc2nnc(C(=O)NCC3CCCO3)c(C)n2n1. The van der Waals surface area contributed by atoms with Crippen molar-refractivity contribution in [2.75, 3.05) is 13.2 Å². The number of aryl methyl sites for hydroxylation is 2. The Labute approximate surface area is 116 Å². The van der Waals surface area contributed by atoms with Crippen molar-refractivity contribution in [1.82, 2.24) is 25.1 Å². The van der Waals surface area contributed by atoms with Gasteiger partial charge in [0.2, 0.25) is 0 Å². The third-order valence-corrected chi connectivity index (χ3v) is 3.45. The van der Waals surface area contributed by atoms with Crippen LogP contribution in [-0.2, 0) is 4.74 Å². The Morgan fingerprint density at radius 3 is 3.10 bits per heavy atom. The molecular weight excluding hydrogens is 258 g/mol. The van der Waals surface area contributed by atoms with Crippen LogP contribution in [-0.4, -0.2) is 45.0 Å². The molecule has 2 aromatic rings. The van der Waals surface area contributed by atoms with Gasteiger partial charge in [-0.1, -0.05) is 0 Å². The molecule has 106 valence electrons. The molecule has 1 atom stereocenters. The summed E-state index contributed by atoms with van der Waals surface area (Å²) in [4.78, 5) is 12.2. The molecule has 1 amide bonds. The fourth-order valence-electron chi connectivity index (χ4n) is 2.38. The van der Waals surface area contributed by atoms with E-state index in [0.717, 1.165) is 25.1 Å². The molecule has 7 heteroatoms. The maximum Gasteiger partial charge on any atom is 0.273 e. The molecule has 1 unspecified atom stereocenters. The average molecular weight is 275 g/mol. The lowest BCUT2D eigenvalue weighted by molar-refractivity contribution is 0.0851. The van der Waals surface area contributed by atoms with Crippen molar-refractivity contribution in [3.8, 4) is 0 Å². The van der Waals surface area contributed by atoms with E-state index in [4.69, 9.17) is 4.74 Å². The van der Waals surface area contributed by atoms with E-state index in [1.54, 1.807) is 4.52 Å². The van der Waals surface area contributed by atoms with Gasteiger partial charge in [0, 0.05) is 19.2 Å². The molecule has 1 fully saturated rings. The number of rotatable bonds is 3. The zero-order valence-electron chi connectivity index (χ0n) is 11.6. The number of hydrogen-bond donors (Lipinski definition) is 1. The van der Waals surface area contributed by atoms with Gasteiger partial charge < -0.3 is 10.1 Å². The molecule has 0 aliphatic carbocycles. The second kappa shape index (κ2) is 5.16. The highest BCUT2D eigenvalue weighted by Crippen LogP contribution is 2.12. The van der Waals surface area contributed by atoms with Crippen LogP contribution >= 0.6 is 0 Å². The van der Waals surface area contributed by atoms with Crippen LogP contribution in [0.2, 0.25) is 0 Å². The van der Waals surface area contributed by atoms with E-state index in [1.807, 2.05) is 19.9 Å². The van der Waals surface area contributed by atoms with E-state index in [-0.39, 0.29) is 12.0 Å². The molecule has 1 aliphatic heterocycles. The first-order valence-corrected chi connectivity index (χ1v) is 6.74. The second-order valence-corrected chi connectivity index (χ2v) is 5.03. The summed E-state index contributed by atoms with van der Waals surface area (Å²) in [6, 6.07) is 1.83. The summed E-state index contributed by atoms with van der Waals surface area (Å²) >= 11 is 0. The third kappa shape index (κ3) is 2.36. The van der Waals surface area contributed by atoms with Crippen LogP contribution in [0.5, 0.6) is 0 Å². The van der Waals surface area contributed by atoms with Gasteiger partial charge >= 0.3 is 0 Å². The van der Waals surface area contributed by atoms with Gasteiger partial charge in [-0.25, -0.2) is 4.52 Å². The van der Waals surface area contributed by atoms with Gasteiger partial charge in [0.15, 0.2) is 11.3 Å². The van der Waals surface area contributed by atoms with Gasteiger partial charge in [0.25, 0.3) is 5.91 Å². The molecule has 0 saturated carbocycles. The Morgan fingerprint density at radius 1 is 1.50 bits per heavy atom. The van der Waals surface area contributed by atoms with Crippen LogP contribution in [0.1, 0.15) is 34.7 Å². The van der Waals surface area contributed by atoms with Crippen LogP contribution in [0, 0.1) is 13.8 Å². The van der Waals surface area contributed by atoms with Gasteiger partial charge in [-0.2, -0.15) is 5.10 Å². The minimum Gasteiger partial charge on any atom is -0.376 e. The number of carbonyl (C=O) groups excluding carboxylic acids is 1. The van der Waals surface area contributed by atoms with Gasteiger partial charge in [0.05, 0.1) is 17.5 Å². The van der Waals surface area contributed by atoms with Gasteiger partial charge in [0.1, 0.15) is 0 Å². The maximum atomic E-state index is 12.2. The first-order valence-electron chi connectivity index (χ1n) is 6.74. The number of carbonyl (C=O) groups is 1. The van der Waals surface area contributed by atoms with Crippen molar-refractivity contribution in [2.24, 2.45) is 0 Å². The fraction of sp³-hybridized carbons (Fsp3) is 0.538. The summed E-state index contributed by atoms with van der Waals surface area (Å²) < 4.78 is 7.12. The third-order valence-electron chi connectivity index (χ3n) is 3.45. The Balaban J connectivity index is 1.78. The molecule has 0 bridgehead atoms. The Bertz CT molecular complexity index is 645. The first kappa shape index (κ1) is 13.0. The zero-order valence-corrected chi connectivity index (χ0v) is 11.6. The zero-order chi connectivity index (χ0) is 14.1. The molecule has 1 N–H and O–H groups in total. The molecule has 1 aliphatic rings. The van der Waals surface area contributed by atoms with Gasteiger partial charge in [-0.05, 0) is 26.7 Å². The van der Waals surface area contributed by atoms with E-state index < -0.39 is 0 Å². The van der Waals surface area contributed by atoms with Crippen molar-refractivity contribution >= 4 is 11.6 Å². The summed E-state index contributed by atoms with van der Waals surface area (Å²) in [5.41, 5.74) is 2.49. The first-order chi connectivity index (χ1) is 9.65. The van der Waals surface area contributed by atoms with E-state index in [2.05, 4.69) is 20.6 Å². The number of ether oxygens (including phenoxy) is 1. The predicted molar refractivity (Wildman–Crippen MR) is 71.6 cm³/mol. The molecule has 20 heavy (non-hydrogen) atoms. The number of fused-ring (bicyclic) bond motifs is 1. The molecule has 3 heterocycles. The topological polar surface area (TPSA) is 81.4 Å². The van der Waals surface area contributed by atoms with Crippen molar-refractivity contribution in [2.45, 2.75) is 32.8 Å². The second-order valence-electron chi connectivity index (χ2n) is 5.03. The molecule has 0 spiro atoms. The van der Waals surface area contributed by atoms with E-state index in [9.17, 15) is 4.79 Å². The van der Waals surface area contributed by atoms with E-state index >= 15 is 0 Å². The quantitative estimate of drug-likeness (QED) is 0.889. The largest absolute Gasteiger partial charge is 0.376 e. The molecule has 2 aromatic heterocycles. The van der Waals surface area contributed by atoms with Gasteiger partial charge in [-0.15, -0.1) is 10.2 Å². The molecule has 7 nitrogen and oxygen atoms in total. The van der Waals surface area contributed by atoms with Crippen molar-refractivity contribution in [3.63, 3.8) is 0 Å². The highest BCUT2D eigenvalue weighted by molar-refractivity contribution is 5.93. The predicted octanol–water partition coefficient (Wildman–Crippen LogP) is 0.650. The van der Waals surface area contributed by atoms with Crippen LogP contribution in [0.25, 0.3) is 5.65 Å². The Morgan fingerprint density at radius 2 is 2.35 bits per heavy atom. The molecule has 0 radical (unpaired) electrons. The van der Waals surface area contributed by atoms with Gasteiger partial charge in [-0.3, -0.25) is 4.79 Å². The van der Waals surface area contributed by atoms with E-state index in [1.165, 1.54) is 0 Å².